The van der Waals surface area contributed by atoms with Crippen molar-refractivity contribution in [3.8, 4) is 16.9 Å². The third-order valence-corrected chi connectivity index (χ3v) is 8.45. The molecule has 0 fully saturated rings. The van der Waals surface area contributed by atoms with Gasteiger partial charge in [-0.1, -0.05) is 70.2 Å². The number of hydrogen-bond donors (Lipinski definition) is 1. The fourth-order valence-electron chi connectivity index (χ4n) is 4.60. The van der Waals surface area contributed by atoms with Crippen LogP contribution in [0.5, 0.6) is 5.75 Å². The van der Waals surface area contributed by atoms with Gasteiger partial charge in [0.2, 0.25) is 0 Å². The van der Waals surface area contributed by atoms with Crippen molar-refractivity contribution in [1.82, 2.24) is 0 Å². The van der Waals surface area contributed by atoms with Gasteiger partial charge in [-0.2, -0.15) is 0 Å². The van der Waals surface area contributed by atoms with Gasteiger partial charge in [0.25, 0.3) is 0 Å². The van der Waals surface area contributed by atoms with E-state index < -0.39 is 0 Å². The summed E-state index contributed by atoms with van der Waals surface area (Å²) in [5.41, 5.74) is 4.47. The Balaban J connectivity index is 2.02. The van der Waals surface area contributed by atoms with E-state index in [9.17, 15) is 5.11 Å². The predicted octanol–water partition coefficient (Wildman–Crippen LogP) is 9.59. The van der Waals surface area contributed by atoms with Gasteiger partial charge in [0.15, 0.2) is 0 Å². The first-order chi connectivity index (χ1) is 14.9. The monoisotopic (exact) mass is 488 g/mol. The predicted molar refractivity (Wildman–Crippen MR) is 140 cm³/mol. The van der Waals surface area contributed by atoms with Crippen molar-refractivity contribution in [2.75, 3.05) is 0 Å². The Kier molecular flexibility index (Phi) is 5.07. The minimum Gasteiger partial charge on any atom is -0.507 e. The lowest BCUT2D eigenvalue weighted by Gasteiger charge is -2.19. The fraction of sp³-hybridized carbons (Fsp3) is 0.214. The molecule has 0 spiro atoms. The van der Waals surface area contributed by atoms with E-state index in [1.165, 1.54) is 42.1 Å². The third-order valence-electron chi connectivity index (χ3n) is 6.18. The smallest absolute Gasteiger partial charge is 0.122 e. The number of phenolic OH excluding ortho intramolecular Hbond substituents is 1. The molecule has 0 aliphatic carbocycles. The average molecular weight is 489 g/mol. The second-order valence-electron chi connectivity index (χ2n) is 8.85. The van der Waals surface area contributed by atoms with Gasteiger partial charge in [0.05, 0.1) is 4.70 Å². The number of halogens is 1. The van der Waals surface area contributed by atoms with Crippen LogP contribution in [0.4, 0.5) is 0 Å². The van der Waals surface area contributed by atoms with E-state index in [-0.39, 0.29) is 11.8 Å². The van der Waals surface area contributed by atoms with Crippen molar-refractivity contribution in [1.29, 1.82) is 0 Å². The Morgan fingerprint density at radius 3 is 1.94 bits per heavy atom. The molecule has 1 heterocycles. The highest BCUT2D eigenvalue weighted by Crippen LogP contribution is 2.49. The van der Waals surface area contributed by atoms with Crippen molar-refractivity contribution in [3.05, 3.63) is 76.3 Å². The van der Waals surface area contributed by atoms with E-state index in [0.29, 0.717) is 5.75 Å². The second-order valence-corrected chi connectivity index (χ2v) is 10.7. The zero-order valence-corrected chi connectivity index (χ0v) is 20.6. The zero-order chi connectivity index (χ0) is 21.9. The van der Waals surface area contributed by atoms with Crippen molar-refractivity contribution in [2.24, 2.45) is 0 Å². The van der Waals surface area contributed by atoms with E-state index in [2.05, 4.69) is 104 Å². The normalized spacial score (nSPS) is 12.1. The first-order valence-electron chi connectivity index (χ1n) is 10.8. The summed E-state index contributed by atoms with van der Waals surface area (Å²) in [5, 5.41) is 16.0. The number of phenols is 1. The molecule has 0 radical (unpaired) electrons. The van der Waals surface area contributed by atoms with Crippen molar-refractivity contribution in [2.45, 2.75) is 39.5 Å². The highest BCUT2D eigenvalue weighted by Gasteiger charge is 2.22. The zero-order valence-electron chi connectivity index (χ0n) is 18.2. The van der Waals surface area contributed by atoms with Crippen LogP contribution in [0.15, 0.2) is 65.1 Å². The van der Waals surface area contributed by atoms with Gasteiger partial charge >= 0.3 is 0 Å². The van der Waals surface area contributed by atoms with Crippen LogP contribution in [-0.4, -0.2) is 5.11 Å². The minimum atomic E-state index is 0.244. The number of aromatic hydroxyl groups is 1. The molecule has 1 aromatic heterocycles. The largest absolute Gasteiger partial charge is 0.507 e. The van der Waals surface area contributed by atoms with Gasteiger partial charge in [-0.05, 0) is 79.0 Å². The van der Waals surface area contributed by atoms with Gasteiger partial charge in [-0.3, -0.25) is 0 Å². The Hall–Kier alpha value is -2.36. The molecule has 156 valence electrons. The molecule has 0 amide bonds. The summed E-state index contributed by atoms with van der Waals surface area (Å²) in [6, 6.07) is 21.7. The van der Waals surface area contributed by atoms with Crippen LogP contribution in [0.1, 0.15) is 50.7 Å². The first-order valence-corrected chi connectivity index (χ1v) is 12.4. The molecule has 0 atom stereocenters. The number of rotatable bonds is 3. The quantitative estimate of drug-likeness (QED) is 0.268. The van der Waals surface area contributed by atoms with Crippen molar-refractivity contribution < 1.29 is 5.11 Å². The molecule has 0 saturated carbocycles. The van der Waals surface area contributed by atoms with Crippen LogP contribution in [-0.2, 0) is 0 Å². The summed E-state index contributed by atoms with van der Waals surface area (Å²) in [4.78, 5) is 0. The highest BCUT2D eigenvalue weighted by atomic mass is 79.9. The molecule has 3 heteroatoms. The molecule has 0 bridgehead atoms. The molecular weight excluding hydrogens is 464 g/mol. The molecule has 5 aromatic rings. The summed E-state index contributed by atoms with van der Waals surface area (Å²) in [6.07, 6.45) is 0. The van der Waals surface area contributed by atoms with Gasteiger partial charge in [0, 0.05) is 19.9 Å². The standard InChI is InChI=1S/C28H25BrOS/c1-15(2)21-13-17(14-22(16(3)4)27(21)30)24-18-9-5-6-10-19(18)26(29)28-25(24)20-11-7-8-12-23(20)31-28/h5-16,30H,1-4H3. The number of fused-ring (bicyclic) bond motifs is 4. The maximum absolute atomic E-state index is 11.0. The molecule has 4 aromatic carbocycles. The summed E-state index contributed by atoms with van der Waals surface area (Å²) in [7, 11) is 0. The van der Waals surface area contributed by atoms with Crippen molar-refractivity contribution in [3.63, 3.8) is 0 Å². The topological polar surface area (TPSA) is 20.2 Å². The molecule has 0 unspecified atom stereocenters. The molecule has 1 N–H and O–H groups in total. The van der Waals surface area contributed by atoms with Crippen molar-refractivity contribution >= 4 is 58.2 Å². The number of hydrogen-bond acceptors (Lipinski definition) is 2. The molecule has 1 nitrogen and oxygen atoms in total. The summed E-state index contributed by atoms with van der Waals surface area (Å²) in [6.45, 7) is 8.60. The Labute approximate surface area is 195 Å². The first kappa shape index (κ1) is 20.5. The van der Waals surface area contributed by atoms with E-state index >= 15 is 0 Å². The van der Waals surface area contributed by atoms with Gasteiger partial charge in [-0.25, -0.2) is 0 Å². The Morgan fingerprint density at radius 1 is 0.774 bits per heavy atom. The van der Waals surface area contributed by atoms with Crippen LogP contribution in [0.3, 0.4) is 0 Å². The van der Waals surface area contributed by atoms with Crippen LogP contribution < -0.4 is 0 Å². The molecule has 0 aliphatic rings. The summed E-state index contributed by atoms with van der Waals surface area (Å²) >= 11 is 5.76. The lowest BCUT2D eigenvalue weighted by Crippen LogP contribution is -1.97. The van der Waals surface area contributed by atoms with Crippen LogP contribution >= 0.6 is 27.3 Å². The lowest BCUT2D eigenvalue weighted by molar-refractivity contribution is 0.454. The molecule has 0 saturated heterocycles. The van der Waals surface area contributed by atoms with Gasteiger partial charge in [0.1, 0.15) is 5.75 Å². The van der Waals surface area contributed by atoms with Gasteiger partial charge < -0.3 is 5.11 Å². The Morgan fingerprint density at radius 2 is 1.32 bits per heavy atom. The highest BCUT2D eigenvalue weighted by molar-refractivity contribution is 9.11. The SMILES string of the molecule is CC(C)c1cc(-c2c3ccccc3c(Br)c3sc4ccccc4c23)cc(C(C)C)c1O. The maximum atomic E-state index is 11.0. The molecular formula is C28H25BrOS. The van der Waals surface area contributed by atoms with Gasteiger partial charge in [-0.15, -0.1) is 11.3 Å². The molecule has 0 aliphatic heterocycles. The van der Waals surface area contributed by atoms with E-state index in [1.807, 2.05) is 11.3 Å². The summed E-state index contributed by atoms with van der Waals surface area (Å²) in [5.74, 6) is 0.935. The number of benzene rings is 4. The summed E-state index contributed by atoms with van der Waals surface area (Å²) < 4.78 is 3.73. The molecule has 5 rings (SSSR count). The fourth-order valence-corrected chi connectivity index (χ4v) is 6.55. The minimum absolute atomic E-state index is 0.244. The van der Waals surface area contributed by atoms with E-state index in [0.717, 1.165) is 15.6 Å². The van der Waals surface area contributed by atoms with Crippen LogP contribution in [0.2, 0.25) is 0 Å². The number of thiophene rings is 1. The van der Waals surface area contributed by atoms with E-state index in [1.54, 1.807) is 0 Å². The second kappa shape index (κ2) is 7.65. The average Bonchev–Trinajstić information content (AvgIpc) is 3.14. The van der Waals surface area contributed by atoms with Crippen LogP contribution in [0.25, 0.3) is 42.1 Å². The molecule has 31 heavy (non-hydrogen) atoms. The third kappa shape index (κ3) is 3.18. The Bertz CT molecular complexity index is 1430. The van der Waals surface area contributed by atoms with Crippen LogP contribution in [0, 0.1) is 0 Å². The van der Waals surface area contributed by atoms with E-state index in [4.69, 9.17) is 0 Å². The maximum Gasteiger partial charge on any atom is 0.122 e. The lowest BCUT2D eigenvalue weighted by atomic mass is 9.86.